The van der Waals surface area contributed by atoms with Crippen LogP contribution in [0, 0.1) is 11.3 Å². The Hall–Kier alpha value is -1.52. The third-order valence-electron chi connectivity index (χ3n) is 3.80. The van der Waals surface area contributed by atoms with Gasteiger partial charge in [0.15, 0.2) is 0 Å². The monoisotopic (exact) mass is 282 g/mol. The average Bonchev–Trinajstić information content (AvgIpc) is 2.38. The van der Waals surface area contributed by atoms with Gasteiger partial charge in [-0.05, 0) is 18.3 Å². The van der Waals surface area contributed by atoms with Crippen molar-refractivity contribution in [2.45, 2.75) is 40.5 Å². The largest absolute Gasteiger partial charge is 0.481 e. The summed E-state index contributed by atoms with van der Waals surface area (Å²) in [6.07, 6.45) is 3.51. The molecule has 2 N–H and O–H groups in total. The van der Waals surface area contributed by atoms with E-state index in [2.05, 4.69) is 32.2 Å². The van der Waals surface area contributed by atoms with Gasteiger partial charge in [-0.1, -0.05) is 39.3 Å². The quantitative estimate of drug-likeness (QED) is 0.778. The first-order chi connectivity index (χ1) is 9.25. The highest BCUT2D eigenvalue weighted by Gasteiger charge is 2.24. The molecule has 114 valence electrons. The van der Waals surface area contributed by atoms with Crippen LogP contribution in [0.1, 0.15) is 40.5 Å². The Labute approximate surface area is 121 Å². The van der Waals surface area contributed by atoms with E-state index in [9.17, 15) is 9.59 Å². The zero-order chi connectivity index (χ0) is 15.3. The van der Waals surface area contributed by atoms with Gasteiger partial charge in [-0.15, -0.1) is 0 Å². The minimum absolute atomic E-state index is 0.152. The van der Waals surface area contributed by atoms with Gasteiger partial charge in [0.2, 0.25) is 0 Å². The van der Waals surface area contributed by atoms with Crippen molar-refractivity contribution in [1.82, 2.24) is 10.2 Å². The number of carbonyl (C=O) groups excluding carboxylic acids is 1. The molecule has 1 heterocycles. The minimum atomic E-state index is -0.860. The molecule has 0 saturated heterocycles. The molecule has 0 aromatic rings. The van der Waals surface area contributed by atoms with E-state index >= 15 is 0 Å². The highest BCUT2D eigenvalue weighted by Crippen LogP contribution is 2.29. The van der Waals surface area contributed by atoms with Gasteiger partial charge in [0, 0.05) is 19.6 Å². The van der Waals surface area contributed by atoms with Crippen LogP contribution in [0.5, 0.6) is 0 Å². The van der Waals surface area contributed by atoms with Crippen LogP contribution >= 0.6 is 0 Å². The molecule has 0 aromatic carbocycles. The third kappa shape index (κ3) is 4.54. The lowest BCUT2D eigenvalue weighted by Gasteiger charge is -2.32. The van der Waals surface area contributed by atoms with Gasteiger partial charge in [-0.25, -0.2) is 4.79 Å². The summed E-state index contributed by atoms with van der Waals surface area (Å²) in [6.45, 7) is 9.82. The van der Waals surface area contributed by atoms with Crippen molar-refractivity contribution in [3.8, 4) is 0 Å². The van der Waals surface area contributed by atoms with Crippen LogP contribution in [0.3, 0.4) is 0 Å². The van der Waals surface area contributed by atoms with Crippen LogP contribution in [0.4, 0.5) is 4.79 Å². The summed E-state index contributed by atoms with van der Waals surface area (Å²) in [7, 11) is 0. The number of rotatable bonds is 4. The Balaban J connectivity index is 2.47. The van der Waals surface area contributed by atoms with Crippen molar-refractivity contribution in [2.24, 2.45) is 11.3 Å². The van der Waals surface area contributed by atoms with E-state index < -0.39 is 11.9 Å². The molecule has 1 atom stereocenters. The Bertz CT molecular complexity index is 396. The fraction of sp³-hybridized carbons (Fsp3) is 0.733. The van der Waals surface area contributed by atoms with E-state index in [-0.39, 0.29) is 18.0 Å². The fourth-order valence-electron chi connectivity index (χ4n) is 2.26. The number of amides is 2. The molecule has 2 amide bonds. The lowest BCUT2D eigenvalue weighted by molar-refractivity contribution is -0.141. The number of carboxylic acid groups (broad SMARTS) is 1. The maximum atomic E-state index is 12.0. The van der Waals surface area contributed by atoms with Crippen molar-refractivity contribution in [2.75, 3.05) is 19.6 Å². The second kappa shape index (κ2) is 6.77. The van der Waals surface area contributed by atoms with Crippen LogP contribution < -0.4 is 5.32 Å². The van der Waals surface area contributed by atoms with Gasteiger partial charge in [-0.2, -0.15) is 0 Å². The maximum Gasteiger partial charge on any atom is 0.317 e. The highest BCUT2D eigenvalue weighted by atomic mass is 16.4. The molecule has 1 aliphatic rings. The van der Waals surface area contributed by atoms with Crippen molar-refractivity contribution < 1.29 is 14.7 Å². The van der Waals surface area contributed by atoms with Crippen LogP contribution in [0.2, 0.25) is 0 Å². The number of hydrogen-bond acceptors (Lipinski definition) is 2. The standard InChI is InChI=1S/C15H26N2O3/c1-5-11(13(18)19)10-16-14(20)17-8-6-12(7-9-17)15(2,3)4/h6,11H,5,7-10H2,1-4H3,(H,16,20)(H,18,19). The molecule has 0 spiro atoms. The van der Waals surface area contributed by atoms with E-state index in [1.807, 2.05) is 6.92 Å². The van der Waals surface area contributed by atoms with Crippen LogP contribution in [-0.4, -0.2) is 41.6 Å². The molecule has 0 aliphatic carbocycles. The molecule has 5 nitrogen and oxygen atoms in total. The Morgan fingerprint density at radius 1 is 1.45 bits per heavy atom. The zero-order valence-corrected chi connectivity index (χ0v) is 12.9. The lowest BCUT2D eigenvalue weighted by Crippen LogP contribution is -2.45. The summed E-state index contributed by atoms with van der Waals surface area (Å²) in [5.41, 5.74) is 1.53. The molecule has 1 unspecified atom stereocenters. The first-order valence-electron chi connectivity index (χ1n) is 7.20. The summed E-state index contributed by atoms with van der Waals surface area (Å²) < 4.78 is 0. The third-order valence-corrected chi connectivity index (χ3v) is 3.80. The van der Waals surface area contributed by atoms with Gasteiger partial charge in [-0.3, -0.25) is 4.79 Å². The van der Waals surface area contributed by atoms with Gasteiger partial charge >= 0.3 is 12.0 Å². The molecule has 0 fully saturated rings. The number of hydrogen-bond donors (Lipinski definition) is 2. The summed E-state index contributed by atoms with van der Waals surface area (Å²) in [6, 6.07) is -0.172. The first kappa shape index (κ1) is 16.5. The number of nitrogens with one attached hydrogen (secondary N) is 1. The summed E-state index contributed by atoms with van der Waals surface area (Å²) in [4.78, 5) is 24.6. The molecule has 20 heavy (non-hydrogen) atoms. The topological polar surface area (TPSA) is 69.6 Å². The second-order valence-electron chi connectivity index (χ2n) is 6.30. The molecular weight excluding hydrogens is 256 g/mol. The number of nitrogens with zero attached hydrogens (tertiary/aromatic N) is 1. The summed E-state index contributed by atoms with van der Waals surface area (Å²) in [5, 5.41) is 11.7. The molecule has 0 bridgehead atoms. The highest BCUT2D eigenvalue weighted by molar-refractivity contribution is 5.76. The molecule has 0 aromatic heterocycles. The lowest BCUT2D eigenvalue weighted by atomic mass is 9.83. The smallest absolute Gasteiger partial charge is 0.317 e. The summed E-state index contributed by atoms with van der Waals surface area (Å²) in [5.74, 6) is -1.37. The van der Waals surface area contributed by atoms with E-state index in [4.69, 9.17) is 5.11 Å². The average molecular weight is 282 g/mol. The van der Waals surface area contributed by atoms with Crippen molar-refractivity contribution in [3.63, 3.8) is 0 Å². The SMILES string of the molecule is CCC(CNC(=O)N1CC=C(C(C)(C)C)CC1)C(=O)O. The molecule has 1 rings (SSSR count). The first-order valence-corrected chi connectivity index (χ1v) is 7.20. The van der Waals surface area contributed by atoms with E-state index in [0.717, 1.165) is 6.42 Å². The predicted octanol–water partition coefficient (Wildman–Crippen LogP) is 2.49. The van der Waals surface area contributed by atoms with E-state index in [1.54, 1.807) is 4.90 Å². The Morgan fingerprint density at radius 3 is 2.50 bits per heavy atom. The van der Waals surface area contributed by atoms with Gasteiger partial charge < -0.3 is 15.3 Å². The normalized spacial score (nSPS) is 17.4. The number of urea groups is 1. The van der Waals surface area contributed by atoms with E-state index in [1.165, 1.54) is 5.57 Å². The van der Waals surface area contributed by atoms with Crippen LogP contribution in [0.15, 0.2) is 11.6 Å². The molecule has 5 heteroatoms. The molecule has 1 aliphatic heterocycles. The van der Waals surface area contributed by atoms with Gasteiger partial charge in [0.25, 0.3) is 0 Å². The second-order valence-corrected chi connectivity index (χ2v) is 6.30. The predicted molar refractivity (Wildman–Crippen MR) is 78.5 cm³/mol. The van der Waals surface area contributed by atoms with Crippen molar-refractivity contribution >= 4 is 12.0 Å². The van der Waals surface area contributed by atoms with Gasteiger partial charge in [0.1, 0.15) is 0 Å². The fourth-order valence-corrected chi connectivity index (χ4v) is 2.26. The van der Waals surface area contributed by atoms with Gasteiger partial charge in [0.05, 0.1) is 5.92 Å². The molecule has 0 saturated carbocycles. The minimum Gasteiger partial charge on any atom is -0.481 e. The maximum absolute atomic E-state index is 12.0. The molecular formula is C15H26N2O3. The van der Waals surface area contributed by atoms with Crippen molar-refractivity contribution in [3.05, 3.63) is 11.6 Å². The summed E-state index contributed by atoms with van der Waals surface area (Å²) >= 11 is 0. The number of aliphatic carboxylic acids is 1. The Kier molecular flexibility index (Phi) is 5.60. The number of carboxylic acids is 1. The van der Waals surface area contributed by atoms with Crippen LogP contribution in [0.25, 0.3) is 0 Å². The van der Waals surface area contributed by atoms with Crippen LogP contribution in [-0.2, 0) is 4.79 Å². The number of carbonyl (C=O) groups is 2. The molecule has 0 radical (unpaired) electrons. The van der Waals surface area contributed by atoms with Crippen molar-refractivity contribution in [1.29, 1.82) is 0 Å². The van der Waals surface area contributed by atoms with E-state index in [0.29, 0.717) is 19.5 Å². The Morgan fingerprint density at radius 2 is 2.10 bits per heavy atom. The zero-order valence-electron chi connectivity index (χ0n) is 12.9.